The lowest BCUT2D eigenvalue weighted by Gasteiger charge is -2.41. The molecule has 8 nitrogen and oxygen atoms in total. The highest BCUT2D eigenvalue weighted by Gasteiger charge is 2.58. The lowest BCUT2D eigenvalue weighted by molar-refractivity contribution is -0.00595. The predicted octanol–water partition coefficient (Wildman–Crippen LogP) is 2.54. The van der Waals surface area contributed by atoms with Gasteiger partial charge in [-0.25, -0.2) is 13.4 Å². The maximum absolute atomic E-state index is 14.7. The van der Waals surface area contributed by atoms with Crippen LogP contribution in [0, 0.1) is 17.8 Å². The van der Waals surface area contributed by atoms with E-state index in [4.69, 9.17) is 4.98 Å². The van der Waals surface area contributed by atoms with Crippen LogP contribution in [0.15, 0.2) is 0 Å². The molecule has 4 heterocycles. The SMILES string of the molecule is C[C@H]1CCN1c1nc(N2C[C@@H]3C(CS(=O)(=O)N4CCN(C(C)(C)C)CC4)[C@@H]3C2)c2c(n1)C(F)(F)CC2. The van der Waals surface area contributed by atoms with Gasteiger partial charge in [-0.1, -0.05) is 0 Å². The van der Waals surface area contributed by atoms with Crippen LogP contribution < -0.4 is 9.80 Å². The number of alkyl halides is 2. The Balaban J connectivity index is 1.13. The van der Waals surface area contributed by atoms with E-state index in [1.807, 2.05) is 4.90 Å². The van der Waals surface area contributed by atoms with Crippen molar-refractivity contribution in [2.45, 2.75) is 64.5 Å². The van der Waals surface area contributed by atoms with Gasteiger partial charge in [-0.05, 0) is 58.3 Å². The van der Waals surface area contributed by atoms with E-state index in [2.05, 4.69) is 42.5 Å². The van der Waals surface area contributed by atoms with Gasteiger partial charge in [-0.15, -0.1) is 0 Å². The summed E-state index contributed by atoms with van der Waals surface area (Å²) in [6, 6.07) is 0.262. The van der Waals surface area contributed by atoms with E-state index < -0.39 is 15.9 Å². The minimum atomic E-state index is -3.30. The first-order valence-electron chi connectivity index (χ1n) is 13.4. The fraction of sp³-hybridized carbons (Fsp3) is 0.840. The molecule has 1 aromatic heterocycles. The normalized spacial score (nSPS) is 32.4. The minimum absolute atomic E-state index is 0.0471. The first-order valence-corrected chi connectivity index (χ1v) is 15.0. The molecule has 0 N–H and O–H groups in total. The molecule has 3 saturated heterocycles. The molecule has 2 aliphatic carbocycles. The highest BCUT2D eigenvalue weighted by Crippen LogP contribution is 2.54. The summed E-state index contributed by atoms with van der Waals surface area (Å²) in [5.41, 5.74) is 0.528. The number of fused-ring (bicyclic) bond motifs is 2. The average molecular weight is 525 g/mol. The Labute approximate surface area is 213 Å². The number of nitrogens with zero attached hydrogens (tertiary/aromatic N) is 6. The van der Waals surface area contributed by atoms with Gasteiger partial charge in [0.25, 0.3) is 5.92 Å². The molecule has 4 fully saturated rings. The van der Waals surface area contributed by atoms with E-state index in [0.717, 1.165) is 26.1 Å². The van der Waals surface area contributed by atoms with E-state index in [9.17, 15) is 17.2 Å². The van der Waals surface area contributed by atoms with E-state index >= 15 is 0 Å². The second-order valence-electron chi connectivity index (χ2n) is 12.4. The van der Waals surface area contributed by atoms with Gasteiger partial charge in [0.05, 0.1) is 5.75 Å². The Kier molecular flexibility index (Phi) is 5.63. The number of halogens is 2. The van der Waals surface area contributed by atoms with Gasteiger partial charge in [-0.3, -0.25) is 4.90 Å². The van der Waals surface area contributed by atoms with Crippen LogP contribution in [-0.4, -0.2) is 90.7 Å². The smallest absolute Gasteiger partial charge is 0.290 e. The Morgan fingerprint density at radius 3 is 2.25 bits per heavy atom. The molecule has 1 unspecified atom stereocenters. The molecule has 0 amide bonds. The highest BCUT2D eigenvalue weighted by atomic mass is 32.2. The number of sulfonamides is 1. The van der Waals surface area contributed by atoms with E-state index in [1.165, 1.54) is 0 Å². The molecule has 36 heavy (non-hydrogen) atoms. The first-order chi connectivity index (χ1) is 16.8. The number of piperazine rings is 1. The molecule has 0 aromatic carbocycles. The first kappa shape index (κ1) is 24.7. The number of piperidine rings is 1. The average Bonchev–Trinajstić information content (AvgIpc) is 3.11. The van der Waals surface area contributed by atoms with Crippen LogP contribution in [0.5, 0.6) is 0 Å². The summed E-state index contributed by atoms with van der Waals surface area (Å²) in [6.45, 7) is 13.3. The standard InChI is InChI=1S/C25H38F2N6O2S/c1-16-6-8-33(16)23-28-21-17(5-7-25(21,26)27)22(29-23)30-13-18-19(14-30)20(18)15-36(34,35)32-11-9-31(10-12-32)24(2,3)4/h16,18-20H,5-15H2,1-4H3/t16-,18-,19+,20?/m0/s1. The van der Waals surface area contributed by atoms with Gasteiger partial charge in [0.2, 0.25) is 16.0 Å². The van der Waals surface area contributed by atoms with Crippen molar-refractivity contribution in [2.24, 2.45) is 17.8 Å². The summed E-state index contributed by atoms with van der Waals surface area (Å²) in [7, 11) is -3.30. The second kappa shape index (κ2) is 8.20. The molecule has 5 aliphatic rings. The molecular formula is C25H38F2N6O2S. The van der Waals surface area contributed by atoms with Crippen molar-refractivity contribution in [3.8, 4) is 0 Å². The predicted molar refractivity (Wildman–Crippen MR) is 135 cm³/mol. The summed E-state index contributed by atoms with van der Waals surface area (Å²) in [5, 5.41) is 0. The largest absolute Gasteiger partial charge is 0.356 e. The van der Waals surface area contributed by atoms with Crippen LogP contribution in [0.4, 0.5) is 20.5 Å². The lowest BCUT2D eigenvalue weighted by atomic mass is 10.1. The summed E-state index contributed by atoms with van der Waals surface area (Å²) >= 11 is 0. The van der Waals surface area contributed by atoms with Crippen LogP contribution in [0.3, 0.4) is 0 Å². The number of anilines is 2. The monoisotopic (exact) mass is 524 g/mol. The highest BCUT2D eigenvalue weighted by molar-refractivity contribution is 7.89. The minimum Gasteiger partial charge on any atom is -0.356 e. The molecule has 6 rings (SSSR count). The molecule has 11 heteroatoms. The Morgan fingerprint density at radius 1 is 1.03 bits per heavy atom. The fourth-order valence-corrected chi connectivity index (χ4v) is 8.56. The van der Waals surface area contributed by atoms with Crippen molar-refractivity contribution in [3.63, 3.8) is 0 Å². The maximum Gasteiger partial charge on any atom is 0.290 e. The van der Waals surface area contributed by atoms with Gasteiger partial charge >= 0.3 is 0 Å². The van der Waals surface area contributed by atoms with Crippen LogP contribution in [0.1, 0.15) is 51.8 Å². The van der Waals surface area contributed by atoms with Crippen LogP contribution in [0.25, 0.3) is 0 Å². The van der Waals surface area contributed by atoms with Gasteiger partial charge in [0.1, 0.15) is 11.5 Å². The molecule has 3 aliphatic heterocycles. The van der Waals surface area contributed by atoms with Crippen molar-refractivity contribution in [1.29, 1.82) is 0 Å². The van der Waals surface area contributed by atoms with Crippen molar-refractivity contribution < 1.29 is 17.2 Å². The number of hydrogen-bond donors (Lipinski definition) is 0. The molecule has 1 aromatic rings. The number of hydrogen-bond acceptors (Lipinski definition) is 7. The summed E-state index contributed by atoms with van der Waals surface area (Å²) in [4.78, 5) is 15.6. The number of aromatic nitrogens is 2. The zero-order valence-electron chi connectivity index (χ0n) is 21.8. The quantitative estimate of drug-likeness (QED) is 0.586. The third kappa shape index (κ3) is 4.09. The molecule has 200 valence electrons. The molecule has 0 radical (unpaired) electrons. The Hall–Kier alpha value is -1.59. The van der Waals surface area contributed by atoms with Crippen LogP contribution in [0.2, 0.25) is 0 Å². The fourth-order valence-electron chi connectivity index (χ4n) is 6.65. The van der Waals surface area contributed by atoms with Crippen molar-refractivity contribution >= 4 is 21.8 Å². The Bertz CT molecular complexity index is 1140. The zero-order valence-corrected chi connectivity index (χ0v) is 22.6. The van der Waals surface area contributed by atoms with Gasteiger partial charge < -0.3 is 9.80 Å². The van der Waals surface area contributed by atoms with Crippen LogP contribution >= 0.6 is 0 Å². The lowest BCUT2D eigenvalue weighted by Crippen LogP contribution is -2.55. The van der Waals surface area contributed by atoms with Crippen molar-refractivity contribution in [3.05, 3.63) is 11.3 Å². The molecule has 4 atom stereocenters. The molecular weight excluding hydrogens is 486 g/mol. The summed E-state index contributed by atoms with van der Waals surface area (Å²) in [5.74, 6) is -0.923. The summed E-state index contributed by atoms with van der Waals surface area (Å²) in [6.07, 6.45) is 1.09. The Morgan fingerprint density at radius 2 is 1.69 bits per heavy atom. The van der Waals surface area contributed by atoms with E-state index in [1.54, 1.807) is 4.31 Å². The molecule has 0 bridgehead atoms. The third-order valence-electron chi connectivity index (χ3n) is 9.24. The van der Waals surface area contributed by atoms with Crippen LogP contribution in [-0.2, 0) is 22.4 Å². The van der Waals surface area contributed by atoms with Crippen molar-refractivity contribution in [1.82, 2.24) is 19.2 Å². The third-order valence-corrected chi connectivity index (χ3v) is 11.2. The second-order valence-corrected chi connectivity index (χ2v) is 14.5. The maximum atomic E-state index is 14.7. The van der Waals surface area contributed by atoms with Crippen molar-refractivity contribution in [2.75, 3.05) is 61.4 Å². The topological polar surface area (TPSA) is 72.9 Å². The zero-order chi connectivity index (χ0) is 25.6. The molecule has 1 saturated carbocycles. The number of rotatable bonds is 5. The molecule has 0 spiro atoms. The van der Waals surface area contributed by atoms with E-state index in [-0.39, 0.29) is 53.6 Å². The van der Waals surface area contributed by atoms with Gasteiger partial charge in [0.15, 0.2) is 0 Å². The summed E-state index contributed by atoms with van der Waals surface area (Å²) < 4.78 is 57.3. The van der Waals surface area contributed by atoms with Gasteiger partial charge in [-0.2, -0.15) is 18.1 Å². The van der Waals surface area contributed by atoms with Gasteiger partial charge in [0, 0.05) is 69.4 Å². The van der Waals surface area contributed by atoms with E-state index in [0.29, 0.717) is 43.5 Å².